The number of carbonyl (C=O) groups excluding carboxylic acids is 1. The van der Waals surface area contributed by atoms with Crippen LogP contribution in [0, 0.1) is 0 Å². The van der Waals surface area contributed by atoms with Gasteiger partial charge in [0.1, 0.15) is 5.82 Å². The van der Waals surface area contributed by atoms with E-state index in [2.05, 4.69) is 20.7 Å². The van der Waals surface area contributed by atoms with Crippen LogP contribution in [0.3, 0.4) is 0 Å². The summed E-state index contributed by atoms with van der Waals surface area (Å²) >= 11 is 0. The molecule has 0 saturated carbocycles. The fourth-order valence-corrected chi connectivity index (χ4v) is 3.67. The van der Waals surface area contributed by atoms with Crippen molar-refractivity contribution in [3.63, 3.8) is 0 Å². The fraction of sp³-hybridized carbons (Fsp3) is 0.200. The third-order valence-electron chi connectivity index (χ3n) is 5.47. The number of amides is 1. The van der Waals surface area contributed by atoms with Gasteiger partial charge < -0.3 is 21.3 Å². The zero-order chi connectivity index (χ0) is 24.1. The number of hydrogen-bond acceptors (Lipinski definition) is 7. The first kappa shape index (κ1) is 22.8. The molecule has 0 bridgehead atoms. The van der Waals surface area contributed by atoms with Gasteiger partial charge in [0.2, 0.25) is 11.9 Å². The number of rotatable bonds is 8. The first-order chi connectivity index (χ1) is 16.4. The maximum Gasteiger partial charge on any atom is 0.229 e. The minimum atomic E-state index is -0.118. The smallest absolute Gasteiger partial charge is 0.229 e. The molecule has 9 heteroatoms. The molecule has 0 saturated heterocycles. The van der Waals surface area contributed by atoms with E-state index >= 15 is 0 Å². The van der Waals surface area contributed by atoms with E-state index in [1.165, 1.54) is 0 Å². The van der Waals surface area contributed by atoms with E-state index in [4.69, 9.17) is 10.7 Å². The summed E-state index contributed by atoms with van der Waals surface area (Å²) in [5.74, 6) is 0.955. The number of anilines is 5. The van der Waals surface area contributed by atoms with E-state index < -0.39 is 0 Å². The maximum atomic E-state index is 12.6. The van der Waals surface area contributed by atoms with Crippen LogP contribution in [0.25, 0.3) is 0 Å². The van der Waals surface area contributed by atoms with E-state index in [0.717, 1.165) is 22.5 Å². The first-order valence-electron chi connectivity index (χ1n) is 11.0. The van der Waals surface area contributed by atoms with Crippen LogP contribution in [0.2, 0.25) is 0 Å². The molecule has 0 fully saturated rings. The molecular weight excluding hydrogens is 428 g/mol. The van der Waals surface area contributed by atoms with E-state index in [0.29, 0.717) is 24.0 Å². The van der Waals surface area contributed by atoms with Crippen molar-refractivity contribution in [1.82, 2.24) is 24.6 Å². The Kier molecular flexibility index (Phi) is 6.72. The zero-order valence-corrected chi connectivity index (χ0v) is 19.4. The molecule has 2 heterocycles. The van der Waals surface area contributed by atoms with Crippen LogP contribution in [0.1, 0.15) is 31.0 Å². The Morgan fingerprint density at radius 3 is 2.56 bits per heavy atom. The van der Waals surface area contributed by atoms with Crippen molar-refractivity contribution in [2.45, 2.75) is 26.4 Å². The van der Waals surface area contributed by atoms with Crippen molar-refractivity contribution in [1.29, 1.82) is 0 Å². The molecule has 4 aromatic rings. The lowest BCUT2D eigenvalue weighted by molar-refractivity contribution is -0.131. The number of aromatic nitrogens is 4. The number of carbonyl (C=O) groups is 1. The number of nitrogens with two attached hydrogens (primary N) is 1. The minimum absolute atomic E-state index is 0.0381. The van der Waals surface area contributed by atoms with E-state index in [9.17, 15) is 4.79 Å². The Morgan fingerprint density at radius 1 is 1.09 bits per heavy atom. The Morgan fingerprint density at radius 2 is 1.88 bits per heavy atom. The van der Waals surface area contributed by atoms with Crippen molar-refractivity contribution < 1.29 is 4.79 Å². The number of nitrogens with zero attached hydrogens (tertiary/aromatic N) is 5. The summed E-state index contributed by atoms with van der Waals surface area (Å²) in [5, 5.41) is 10.7. The quantitative estimate of drug-likeness (QED) is 0.337. The molecule has 174 valence electrons. The van der Waals surface area contributed by atoms with Crippen LogP contribution < -0.4 is 16.4 Å². The van der Waals surface area contributed by atoms with Crippen LogP contribution in [0.5, 0.6) is 0 Å². The number of nitrogens with one attached hydrogen (secondary N) is 2. The fourth-order valence-electron chi connectivity index (χ4n) is 3.67. The van der Waals surface area contributed by atoms with Gasteiger partial charge >= 0.3 is 0 Å². The van der Waals surface area contributed by atoms with Gasteiger partial charge in [0.25, 0.3) is 0 Å². The average molecular weight is 457 g/mol. The summed E-state index contributed by atoms with van der Waals surface area (Å²) in [6.45, 7) is 3.92. The molecule has 1 atom stereocenters. The number of nitrogen functional groups attached to an aromatic ring is 1. The predicted molar refractivity (Wildman–Crippen MR) is 134 cm³/mol. The standard InChI is InChI=1S/C25H28N8O/c1-17(19-8-5-4-6-9-19)33(18(2)34)15-20-13-27-25(30-23-14-28-32(3)16-23)31-24(20)29-22-11-7-10-21(26)12-22/h4-14,16-17H,15,26H2,1-3H3,(H2,27,29,30,31). The Labute approximate surface area is 198 Å². The third kappa shape index (κ3) is 5.50. The van der Waals surface area contributed by atoms with Crippen LogP contribution in [-0.4, -0.2) is 30.6 Å². The van der Waals surface area contributed by atoms with Crippen molar-refractivity contribution in [3.8, 4) is 0 Å². The summed E-state index contributed by atoms with van der Waals surface area (Å²) in [4.78, 5) is 23.6. The molecule has 0 spiro atoms. The van der Waals surface area contributed by atoms with Crippen molar-refractivity contribution in [2.24, 2.45) is 7.05 Å². The highest BCUT2D eigenvalue weighted by molar-refractivity contribution is 5.74. The highest BCUT2D eigenvalue weighted by Gasteiger charge is 2.21. The molecule has 1 unspecified atom stereocenters. The van der Waals surface area contributed by atoms with Gasteiger partial charge in [-0.3, -0.25) is 9.48 Å². The molecule has 2 aromatic heterocycles. The maximum absolute atomic E-state index is 12.6. The SMILES string of the molecule is CC(=O)N(Cc1cnc(Nc2cnn(C)c2)nc1Nc1cccc(N)c1)C(C)c1ccccc1. The number of hydrogen-bond donors (Lipinski definition) is 3. The van der Waals surface area contributed by atoms with Gasteiger partial charge in [-0.2, -0.15) is 10.1 Å². The van der Waals surface area contributed by atoms with Crippen LogP contribution in [-0.2, 0) is 18.4 Å². The average Bonchev–Trinajstić information content (AvgIpc) is 3.23. The van der Waals surface area contributed by atoms with E-state index in [1.54, 1.807) is 28.9 Å². The summed E-state index contributed by atoms with van der Waals surface area (Å²) < 4.78 is 1.69. The van der Waals surface area contributed by atoms with Crippen molar-refractivity contribution in [2.75, 3.05) is 16.4 Å². The van der Waals surface area contributed by atoms with Crippen LogP contribution >= 0.6 is 0 Å². The molecule has 0 aliphatic heterocycles. The van der Waals surface area contributed by atoms with Gasteiger partial charge in [-0.25, -0.2) is 4.98 Å². The second-order valence-electron chi connectivity index (χ2n) is 8.08. The topological polar surface area (TPSA) is 114 Å². The minimum Gasteiger partial charge on any atom is -0.399 e. The number of aryl methyl sites for hydroxylation is 1. The number of benzene rings is 2. The second kappa shape index (κ2) is 10.0. The van der Waals surface area contributed by atoms with E-state index in [1.807, 2.05) is 74.8 Å². The van der Waals surface area contributed by atoms with Gasteiger partial charge in [-0.15, -0.1) is 0 Å². The van der Waals surface area contributed by atoms with Gasteiger partial charge in [0, 0.05) is 43.3 Å². The largest absolute Gasteiger partial charge is 0.399 e. The molecule has 4 N–H and O–H groups in total. The van der Waals surface area contributed by atoms with Gasteiger partial charge in [0.05, 0.1) is 24.5 Å². The molecule has 0 aliphatic carbocycles. The van der Waals surface area contributed by atoms with Crippen molar-refractivity contribution in [3.05, 3.63) is 84.3 Å². The van der Waals surface area contributed by atoms with E-state index in [-0.39, 0.29) is 11.9 Å². The predicted octanol–water partition coefficient (Wildman–Crippen LogP) is 4.39. The van der Waals surface area contributed by atoms with Crippen molar-refractivity contribution >= 4 is 34.7 Å². The summed E-state index contributed by atoms with van der Waals surface area (Å²) in [7, 11) is 1.84. The van der Waals surface area contributed by atoms with Gasteiger partial charge in [0.15, 0.2) is 0 Å². The Hall–Kier alpha value is -4.40. The lowest BCUT2D eigenvalue weighted by Gasteiger charge is -2.29. The van der Waals surface area contributed by atoms with Gasteiger partial charge in [-0.1, -0.05) is 36.4 Å². The molecular formula is C25H28N8O. The summed E-state index contributed by atoms with van der Waals surface area (Å²) in [5.41, 5.74) is 9.99. The lowest BCUT2D eigenvalue weighted by atomic mass is 10.1. The third-order valence-corrected chi connectivity index (χ3v) is 5.47. The first-order valence-corrected chi connectivity index (χ1v) is 11.0. The summed E-state index contributed by atoms with van der Waals surface area (Å²) in [6.07, 6.45) is 5.26. The molecule has 0 radical (unpaired) electrons. The lowest BCUT2D eigenvalue weighted by Crippen LogP contribution is -2.31. The molecule has 34 heavy (non-hydrogen) atoms. The summed E-state index contributed by atoms with van der Waals surface area (Å²) in [6, 6.07) is 17.2. The zero-order valence-electron chi connectivity index (χ0n) is 19.4. The van der Waals surface area contributed by atoms with Gasteiger partial charge in [-0.05, 0) is 30.7 Å². The molecule has 2 aromatic carbocycles. The Balaban J connectivity index is 1.66. The molecule has 4 rings (SSSR count). The van der Waals surface area contributed by atoms with Crippen LogP contribution in [0.4, 0.5) is 28.8 Å². The molecule has 1 amide bonds. The highest BCUT2D eigenvalue weighted by atomic mass is 16.2. The van der Waals surface area contributed by atoms with Crippen LogP contribution in [0.15, 0.2) is 73.2 Å². The second-order valence-corrected chi connectivity index (χ2v) is 8.08. The Bertz CT molecular complexity index is 1270. The highest BCUT2D eigenvalue weighted by Crippen LogP contribution is 2.27. The normalized spacial score (nSPS) is 11.6. The molecule has 0 aliphatic rings. The molecule has 9 nitrogen and oxygen atoms in total. The monoisotopic (exact) mass is 456 g/mol.